The van der Waals surface area contributed by atoms with Gasteiger partial charge in [-0.2, -0.15) is 0 Å². The van der Waals surface area contributed by atoms with Crippen LogP contribution in [0.4, 0.5) is 4.39 Å². The molecular formula is C18H16Cl2FN3O. The SMILES string of the molecule is O=C(NCc1ccc(Cl)cc1Cl)[C@]1(F)CC[C@@]2(CN2)c2ncccc21. The molecule has 0 unspecified atom stereocenters. The summed E-state index contributed by atoms with van der Waals surface area (Å²) in [6.07, 6.45) is 2.30. The molecule has 2 atom stereocenters. The fraction of sp³-hybridized carbons (Fsp3) is 0.333. The molecule has 1 spiro atoms. The van der Waals surface area contributed by atoms with E-state index in [9.17, 15) is 4.79 Å². The Morgan fingerprint density at radius 2 is 2.12 bits per heavy atom. The molecule has 2 aromatic rings. The highest BCUT2D eigenvalue weighted by molar-refractivity contribution is 6.35. The first-order valence-corrected chi connectivity index (χ1v) is 8.82. The number of alkyl halides is 1. The second-order valence-corrected chi connectivity index (χ2v) is 7.40. The number of carbonyl (C=O) groups excluding carboxylic acids is 1. The Kier molecular flexibility index (Phi) is 3.98. The van der Waals surface area contributed by atoms with Crippen LogP contribution in [0.2, 0.25) is 10.0 Å². The summed E-state index contributed by atoms with van der Waals surface area (Å²) >= 11 is 12.0. The molecule has 25 heavy (non-hydrogen) atoms. The predicted octanol–water partition coefficient (Wildman–Crippen LogP) is 3.46. The summed E-state index contributed by atoms with van der Waals surface area (Å²) in [4.78, 5) is 17.0. The van der Waals surface area contributed by atoms with Crippen molar-refractivity contribution in [2.45, 2.75) is 30.6 Å². The highest BCUT2D eigenvalue weighted by atomic mass is 35.5. The lowest BCUT2D eigenvalue weighted by atomic mass is 9.76. The van der Waals surface area contributed by atoms with E-state index in [0.717, 1.165) is 6.54 Å². The molecule has 1 aromatic carbocycles. The van der Waals surface area contributed by atoms with Crippen molar-refractivity contribution >= 4 is 29.1 Å². The Morgan fingerprint density at radius 3 is 2.84 bits per heavy atom. The fourth-order valence-corrected chi connectivity index (χ4v) is 3.89. The number of pyridine rings is 1. The summed E-state index contributed by atoms with van der Waals surface area (Å²) in [7, 11) is 0. The van der Waals surface area contributed by atoms with Crippen LogP contribution in [-0.4, -0.2) is 17.4 Å². The highest BCUT2D eigenvalue weighted by Crippen LogP contribution is 2.49. The molecule has 4 nitrogen and oxygen atoms in total. The van der Waals surface area contributed by atoms with Gasteiger partial charge >= 0.3 is 0 Å². The van der Waals surface area contributed by atoms with Crippen molar-refractivity contribution in [1.29, 1.82) is 0 Å². The topological polar surface area (TPSA) is 63.9 Å². The molecule has 1 aliphatic carbocycles. The second-order valence-electron chi connectivity index (χ2n) is 6.55. The van der Waals surface area contributed by atoms with E-state index < -0.39 is 11.6 Å². The van der Waals surface area contributed by atoms with Gasteiger partial charge in [-0.05, 0) is 36.6 Å². The van der Waals surface area contributed by atoms with E-state index in [2.05, 4.69) is 15.6 Å². The first-order chi connectivity index (χ1) is 11.9. The van der Waals surface area contributed by atoms with Crippen LogP contribution in [0.25, 0.3) is 0 Å². The monoisotopic (exact) mass is 379 g/mol. The van der Waals surface area contributed by atoms with Crippen molar-refractivity contribution in [2.75, 3.05) is 6.54 Å². The molecule has 1 amide bonds. The van der Waals surface area contributed by atoms with E-state index in [1.165, 1.54) is 0 Å². The number of amides is 1. The number of fused-ring (bicyclic) bond motifs is 2. The number of nitrogens with zero attached hydrogens (tertiary/aromatic N) is 1. The van der Waals surface area contributed by atoms with Crippen molar-refractivity contribution < 1.29 is 9.18 Å². The minimum absolute atomic E-state index is 0.124. The molecule has 4 rings (SSSR count). The Morgan fingerprint density at radius 1 is 1.32 bits per heavy atom. The zero-order chi connectivity index (χ0) is 17.7. The zero-order valence-corrected chi connectivity index (χ0v) is 14.8. The van der Waals surface area contributed by atoms with Gasteiger partial charge in [-0.3, -0.25) is 9.78 Å². The van der Waals surface area contributed by atoms with Crippen LogP contribution in [-0.2, 0) is 22.5 Å². The van der Waals surface area contributed by atoms with Crippen molar-refractivity contribution in [3.63, 3.8) is 0 Å². The van der Waals surface area contributed by atoms with Crippen LogP contribution in [0.15, 0.2) is 36.5 Å². The van der Waals surface area contributed by atoms with Gasteiger partial charge in [0, 0.05) is 34.9 Å². The third-order valence-electron chi connectivity index (χ3n) is 5.00. The molecule has 130 valence electrons. The summed E-state index contributed by atoms with van der Waals surface area (Å²) in [6.45, 7) is 0.911. The number of hydrogen-bond acceptors (Lipinski definition) is 3. The summed E-state index contributed by atoms with van der Waals surface area (Å²) in [5.41, 5.74) is -0.663. The van der Waals surface area contributed by atoms with Crippen LogP contribution in [0.1, 0.15) is 29.7 Å². The minimum atomic E-state index is -2.09. The van der Waals surface area contributed by atoms with Gasteiger partial charge in [-0.1, -0.05) is 35.3 Å². The average Bonchev–Trinajstić information content (AvgIpc) is 3.39. The fourth-order valence-electron chi connectivity index (χ4n) is 3.41. The quantitative estimate of drug-likeness (QED) is 0.802. The molecule has 1 aromatic heterocycles. The van der Waals surface area contributed by atoms with Gasteiger partial charge in [0.05, 0.1) is 11.2 Å². The Bertz CT molecular complexity index is 856. The number of aromatic nitrogens is 1. The Labute approximate surface area is 154 Å². The van der Waals surface area contributed by atoms with Crippen LogP contribution in [0, 0.1) is 0 Å². The van der Waals surface area contributed by atoms with Crippen LogP contribution < -0.4 is 10.6 Å². The van der Waals surface area contributed by atoms with Gasteiger partial charge in [-0.25, -0.2) is 4.39 Å². The Hall–Kier alpha value is -1.69. The molecule has 1 fully saturated rings. The van der Waals surface area contributed by atoms with E-state index in [-0.39, 0.29) is 18.5 Å². The van der Waals surface area contributed by atoms with Gasteiger partial charge in [0.25, 0.3) is 5.91 Å². The van der Waals surface area contributed by atoms with E-state index in [4.69, 9.17) is 23.2 Å². The third-order valence-corrected chi connectivity index (χ3v) is 5.59. The van der Waals surface area contributed by atoms with E-state index >= 15 is 4.39 Å². The summed E-state index contributed by atoms with van der Waals surface area (Å²) < 4.78 is 15.7. The predicted molar refractivity (Wildman–Crippen MR) is 94.2 cm³/mol. The lowest BCUT2D eigenvalue weighted by molar-refractivity contribution is -0.135. The highest BCUT2D eigenvalue weighted by Gasteiger charge is 2.57. The van der Waals surface area contributed by atoms with Crippen molar-refractivity contribution in [3.05, 3.63) is 63.4 Å². The van der Waals surface area contributed by atoms with E-state index in [0.29, 0.717) is 33.3 Å². The molecule has 2 aliphatic rings. The zero-order valence-electron chi connectivity index (χ0n) is 13.3. The lowest BCUT2D eigenvalue weighted by Gasteiger charge is -2.34. The maximum Gasteiger partial charge on any atom is 0.262 e. The third kappa shape index (κ3) is 2.80. The number of nitrogens with one attached hydrogen (secondary N) is 2. The molecule has 7 heteroatoms. The number of rotatable bonds is 3. The maximum absolute atomic E-state index is 15.7. The van der Waals surface area contributed by atoms with Crippen LogP contribution in [0.3, 0.4) is 0 Å². The van der Waals surface area contributed by atoms with Gasteiger partial charge in [-0.15, -0.1) is 0 Å². The van der Waals surface area contributed by atoms with Crippen molar-refractivity contribution in [1.82, 2.24) is 15.6 Å². The number of halogens is 3. The molecule has 2 heterocycles. The number of benzene rings is 1. The van der Waals surface area contributed by atoms with Crippen molar-refractivity contribution in [3.8, 4) is 0 Å². The summed E-state index contributed by atoms with van der Waals surface area (Å²) in [6, 6.07) is 8.31. The van der Waals surface area contributed by atoms with Crippen molar-refractivity contribution in [2.24, 2.45) is 0 Å². The largest absolute Gasteiger partial charge is 0.349 e. The molecular weight excluding hydrogens is 364 g/mol. The summed E-state index contributed by atoms with van der Waals surface area (Å²) in [5.74, 6) is -0.664. The molecule has 0 radical (unpaired) electrons. The first-order valence-electron chi connectivity index (χ1n) is 8.07. The van der Waals surface area contributed by atoms with Crippen LogP contribution >= 0.6 is 23.2 Å². The van der Waals surface area contributed by atoms with Gasteiger partial charge in [0.2, 0.25) is 5.67 Å². The number of hydrogen-bond donors (Lipinski definition) is 2. The standard InChI is InChI=1S/C18H16Cl2FN3O/c19-12-4-3-11(14(20)8-12)9-23-16(25)18(21)6-5-17(10-24-17)15-13(18)2-1-7-22-15/h1-4,7-8,24H,5-6,9-10H2,(H,23,25)/t17-,18+/m1/s1. The summed E-state index contributed by atoms with van der Waals surface area (Å²) in [5, 5.41) is 6.88. The maximum atomic E-state index is 15.7. The second kappa shape index (κ2) is 5.94. The molecule has 1 aliphatic heterocycles. The smallest absolute Gasteiger partial charge is 0.262 e. The first kappa shape index (κ1) is 16.8. The van der Waals surface area contributed by atoms with Gasteiger partial charge in [0.1, 0.15) is 0 Å². The van der Waals surface area contributed by atoms with Gasteiger partial charge in [0.15, 0.2) is 0 Å². The normalized spacial score (nSPS) is 27.0. The van der Waals surface area contributed by atoms with Gasteiger partial charge < -0.3 is 10.6 Å². The van der Waals surface area contributed by atoms with Crippen LogP contribution in [0.5, 0.6) is 0 Å². The van der Waals surface area contributed by atoms with E-state index in [1.54, 1.807) is 36.5 Å². The minimum Gasteiger partial charge on any atom is -0.349 e. The molecule has 1 saturated heterocycles. The lowest BCUT2D eigenvalue weighted by Crippen LogP contribution is -2.45. The molecule has 0 bridgehead atoms. The van der Waals surface area contributed by atoms with E-state index in [1.807, 2.05) is 0 Å². The average molecular weight is 380 g/mol. The molecule has 2 N–H and O–H groups in total. The molecule has 0 saturated carbocycles. The Balaban J connectivity index is 1.57. The number of carbonyl (C=O) groups is 1.